The number of piperidine rings is 1. The van der Waals surface area contributed by atoms with Crippen molar-refractivity contribution >= 4 is 0 Å². The van der Waals surface area contributed by atoms with Gasteiger partial charge in [-0.2, -0.15) is 0 Å². The highest BCUT2D eigenvalue weighted by Gasteiger charge is 2.22. The predicted molar refractivity (Wildman–Crippen MR) is 95.4 cm³/mol. The molecule has 1 atom stereocenters. The lowest BCUT2D eigenvalue weighted by molar-refractivity contribution is 0.204. The Hall–Kier alpha value is -1.52. The molecule has 1 aromatic rings. The van der Waals surface area contributed by atoms with Gasteiger partial charge in [-0.05, 0) is 45.8 Å². The van der Waals surface area contributed by atoms with Gasteiger partial charge in [0.15, 0.2) is 0 Å². The minimum absolute atomic E-state index is 0.258. The van der Waals surface area contributed by atoms with Crippen LogP contribution in [-0.4, -0.2) is 44.8 Å². The Morgan fingerprint density at radius 1 is 1.30 bits per heavy atom. The SMILES string of the molecule is C=C(C)CN1CCC(N[C@H](C)c2ccc(OC)cc2OC)CC1. The van der Waals surface area contributed by atoms with E-state index in [1.807, 2.05) is 12.1 Å². The highest BCUT2D eigenvalue weighted by atomic mass is 16.5. The number of methoxy groups -OCH3 is 2. The second kappa shape index (κ2) is 8.37. The van der Waals surface area contributed by atoms with Crippen molar-refractivity contribution in [1.29, 1.82) is 0 Å². The fourth-order valence-electron chi connectivity index (χ4n) is 3.26. The number of ether oxygens (including phenoxy) is 2. The molecule has 0 saturated carbocycles. The minimum Gasteiger partial charge on any atom is -0.497 e. The molecule has 128 valence electrons. The van der Waals surface area contributed by atoms with E-state index in [1.165, 1.54) is 24.0 Å². The first-order chi connectivity index (χ1) is 11.0. The molecule has 0 bridgehead atoms. The third-order valence-corrected chi connectivity index (χ3v) is 4.47. The molecule has 1 saturated heterocycles. The van der Waals surface area contributed by atoms with Gasteiger partial charge in [0.2, 0.25) is 0 Å². The zero-order chi connectivity index (χ0) is 16.8. The van der Waals surface area contributed by atoms with E-state index in [0.29, 0.717) is 6.04 Å². The van der Waals surface area contributed by atoms with Crippen molar-refractivity contribution in [3.05, 3.63) is 35.9 Å². The Kier molecular flexibility index (Phi) is 6.48. The Morgan fingerprint density at radius 2 is 2.00 bits per heavy atom. The van der Waals surface area contributed by atoms with Crippen LogP contribution in [0.2, 0.25) is 0 Å². The van der Waals surface area contributed by atoms with Crippen molar-refractivity contribution in [2.45, 2.75) is 38.8 Å². The zero-order valence-corrected chi connectivity index (χ0v) is 14.9. The molecule has 1 aliphatic heterocycles. The van der Waals surface area contributed by atoms with E-state index in [4.69, 9.17) is 9.47 Å². The van der Waals surface area contributed by atoms with E-state index in [1.54, 1.807) is 14.2 Å². The minimum atomic E-state index is 0.258. The maximum Gasteiger partial charge on any atom is 0.127 e. The lowest BCUT2D eigenvalue weighted by atomic mass is 10.0. The Bertz CT molecular complexity index is 522. The van der Waals surface area contributed by atoms with Crippen molar-refractivity contribution in [3.8, 4) is 11.5 Å². The van der Waals surface area contributed by atoms with Crippen molar-refractivity contribution in [2.75, 3.05) is 33.9 Å². The molecule has 4 heteroatoms. The first-order valence-electron chi connectivity index (χ1n) is 8.38. The number of benzene rings is 1. The molecular weight excluding hydrogens is 288 g/mol. The maximum atomic E-state index is 5.52. The van der Waals surface area contributed by atoms with E-state index < -0.39 is 0 Å². The van der Waals surface area contributed by atoms with Crippen LogP contribution in [0.3, 0.4) is 0 Å². The van der Waals surface area contributed by atoms with Crippen LogP contribution in [0, 0.1) is 0 Å². The smallest absolute Gasteiger partial charge is 0.127 e. The van der Waals surface area contributed by atoms with Crippen LogP contribution in [-0.2, 0) is 0 Å². The van der Waals surface area contributed by atoms with Crippen LogP contribution >= 0.6 is 0 Å². The van der Waals surface area contributed by atoms with Gasteiger partial charge in [-0.15, -0.1) is 0 Å². The lowest BCUT2D eigenvalue weighted by Gasteiger charge is -2.34. The Labute approximate surface area is 140 Å². The van der Waals surface area contributed by atoms with Crippen LogP contribution in [0.15, 0.2) is 30.4 Å². The molecule has 0 aliphatic carbocycles. The summed E-state index contributed by atoms with van der Waals surface area (Å²) in [5.41, 5.74) is 2.42. The van der Waals surface area contributed by atoms with Gasteiger partial charge in [0.05, 0.1) is 14.2 Å². The molecule has 23 heavy (non-hydrogen) atoms. The molecular formula is C19H30N2O2. The van der Waals surface area contributed by atoms with Gasteiger partial charge in [-0.3, -0.25) is 4.90 Å². The van der Waals surface area contributed by atoms with Crippen molar-refractivity contribution in [1.82, 2.24) is 10.2 Å². The molecule has 0 spiro atoms. The summed E-state index contributed by atoms with van der Waals surface area (Å²) in [5, 5.41) is 3.75. The number of rotatable bonds is 7. The number of likely N-dealkylation sites (tertiary alicyclic amines) is 1. The average Bonchev–Trinajstić information content (AvgIpc) is 2.55. The highest BCUT2D eigenvalue weighted by Crippen LogP contribution is 2.30. The normalized spacial score (nSPS) is 17.7. The Balaban J connectivity index is 1.92. The summed E-state index contributed by atoms with van der Waals surface area (Å²) in [6, 6.07) is 6.84. The molecule has 1 fully saturated rings. The van der Waals surface area contributed by atoms with Gasteiger partial charge < -0.3 is 14.8 Å². The number of nitrogens with one attached hydrogen (secondary N) is 1. The summed E-state index contributed by atoms with van der Waals surface area (Å²) in [6.07, 6.45) is 2.35. The van der Waals surface area contributed by atoms with Gasteiger partial charge in [0.25, 0.3) is 0 Å². The summed E-state index contributed by atoms with van der Waals surface area (Å²) in [4.78, 5) is 2.49. The van der Waals surface area contributed by atoms with Gasteiger partial charge in [-0.1, -0.05) is 18.2 Å². The fourth-order valence-corrected chi connectivity index (χ4v) is 3.26. The zero-order valence-electron chi connectivity index (χ0n) is 14.9. The fraction of sp³-hybridized carbons (Fsp3) is 0.579. The summed E-state index contributed by atoms with van der Waals surface area (Å²) >= 11 is 0. The lowest BCUT2D eigenvalue weighted by Crippen LogP contribution is -2.43. The van der Waals surface area contributed by atoms with E-state index in [9.17, 15) is 0 Å². The average molecular weight is 318 g/mol. The van der Waals surface area contributed by atoms with Crippen LogP contribution < -0.4 is 14.8 Å². The van der Waals surface area contributed by atoms with E-state index >= 15 is 0 Å². The van der Waals surface area contributed by atoms with Gasteiger partial charge in [0.1, 0.15) is 11.5 Å². The molecule has 4 nitrogen and oxygen atoms in total. The quantitative estimate of drug-likeness (QED) is 0.781. The highest BCUT2D eigenvalue weighted by molar-refractivity contribution is 5.42. The number of hydrogen-bond donors (Lipinski definition) is 1. The standard InChI is InChI=1S/C19H30N2O2/c1-14(2)13-21-10-8-16(9-11-21)20-15(3)18-7-6-17(22-4)12-19(18)23-5/h6-7,12,15-16,20H,1,8-11,13H2,2-5H3/t15-/m1/s1. The number of hydrogen-bond acceptors (Lipinski definition) is 4. The second-order valence-corrected chi connectivity index (χ2v) is 6.50. The van der Waals surface area contributed by atoms with Gasteiger partial charge in [-0.25, -0.2) is 0 Å². The molecule has 0 aromatic heterocycles. The van der Waals surface area contributed by atoms with Gasteiger partial charge >= 0.3 is 0 Å². The molecule has 1 aromatic carbocycles. The maximum absolute atomic E-state index is 5.52. The summed E-state index contributed by atoms with van der Waals surface area (Å²) < 4.78 is 10.8. The molecule has 2 rings (SSSR count). The number of nitrogens with zero attached hydrogens (tertiary/aromatic N) is 1. The van der Waals surface area contributed by atoms with Crippen LogP contribution in [0.1, 0.15) is 38.3 Å². The van der Waals surface area contributed by atoms with E-state index in [2.05, 4.69) is 36.7 Å². The first kappa shape index (κ1) is 17.8. The molecule has 0 amide bonds. The first-order valence-corrected chi connectivity index (χ1v) is 8.38. The third kappa shape index (κ3) is 4.98. The monoisotopic (exact) mass is 318 g/mol. The van der Waals surface area contributed by atoms with Crippen LogP contribution in [0.4, 0.5) is 0 Å². The molecule has 1 aliphatic rings. The topological polar surface area (TPSA) is 33.7 Å². The molecule has 0 radical (unpaired) electrons. The Morgan fingerprint density at radius 3 is 2.57 bits per heavy atom. The van der Waals surface area contributed by atoms with E-state index in [0.717, 1.165) is 31.1 Å². The van der Waals surface area contributed by atoms with Crippen molar-refractivity contribution in [2.24, 2.45) is 0 Å². The summed E-state index contributed by atoms with van der Waals surface area (Å²) in [6.45, 7) is 11.6. The molecule has 0 unspecified atom stereocenters. The molecule has 1 heterocycles. The summed E-state index contributed by atoms with van der Waals surface area (Å²) in [7, 11) is 3.38. The largest absolute Gasteiger partial charge is 0.497 e. The van der Waals surface area contributed by atoms with Crippen LogP contribution in [0.25, 0.3) is 0 Å². The third-order valence-electron chi connectivity index (χ3n) is 4.47. The van der Waals surface area contributed by atoms with Crippen LogP contribution in [0.5, 0.6) is 11.5 Å². The second-order valence-electron chi connectivity index (χ2n) is 6.50. The van der Waals surface area contributed by atoms with Gasteiger partial charge in [0, 0.05) is 30.3 Å². The van der Waals surface area contributed by atoms with Crippen molar-refractivity contribution < 1.29 is 9.47 Å². The molecule has 1 N–H and O–H groups in total. The predicted octanol–water partition coefficient (Wildman–Crippen LogP) is 3.39. The van der Waals surface area contributed by atoms with Crippen molar-refractivity contribution in [3.63, 3.8) is 0 Å². The van der Waals surface area contributed by atoms with E-state index in [-0.39, 0.29) is 6.04 Å². The summed E-state index contributed by atoms with van der Waals surface area (Å²) in [5.74, 6) is 1.70.